The first kappa shape index (κ1) is 13.2. The molecule has 0 aliphatic carbocycles. The summed E-state index contributed by atoms with van der Waals surface area (Å²) >= 11 is 6.57. The lowest BCUT2D eigenvalue weighted by atomic mass is 10.2. The topological polar surface area (TPSA) is 32.6 Å². The van der Waals surface area contributed by atoms with Crippen LogP contribution in [-0.2, 0) is 0 Å². The summed E-state index contributed by atoms with van der Waals surface area (Å²) in [6.07, 6.45) is 1.53. The number of hydrogen-bond donors (Lipinski definition) is 1. The molecular formula is C13H8Br2FNO. The van der Waals surface area contributed by atoms with Crippen LogP contribution in [0.25, 0.3) is 0 Å². The SMILES string of the molecule is Oc1c(Br)cc(Br)cc1C=Nc1ccc(F)cc1. The van der Waals surface area contributed by atoms with Crippen LogP contribution in [0.4, 0.5) is 10.1 Å². The number of halogens is 3. The highest BCUT2D eigenvalue weighted by Gasteiger charge is 2.05. The first-order valence-corrected chi connectivity index (χ1v) is 6.62. The summed E-state index contributed by atoms with van der Waals surface area (Å²) in [6.45, 7) is 0. The molecule has 0 spiro atoms. The summed E-state index contributed by atoms with van der Waals surface area (Å²) in [6, 6.07) is 9.29. The van der Waals surface area contributed by atoms with Gasteiger partial charge in [0.25, 0.3) is 0 Å². The van der Waals surface area contributed by atoms with Crippen LogP contribution in [0.5, 0.6) is 5.75 Å². The van der Waals surface area contributed by atoms with Crippen LogP contribution in [0.1, 0.15) is 5.56 Å². The van der Waals surface area contributed by atoms with Crippen LogP contribution in [0, 0.1) is 5.82 Å². The highest BCUT2D eigenvalue weighted by Crippen LogP contribution is 2.30. The Balaban J connectivity index is 2.31. The third kappa shape index (κ3) is 3.17. The molecule has 0 saturated carbocycles. The number of nitrogens with zero attached hydrogens (tertiary/aromatic N) is 1. The van der Waals surface area contributed by atoms with Gasteiger partial charge in [-0.3, -0.25) is 4.99 Å². The van der Waals surface area contributed by atoms with Crippen molar-refractivity contribution < 1.29 is 9.50 Å². The second-order valence-corrected chi connectivity index (χ2v) is 5.33. The number of benzene rings is 2. The Labute approximate surface area is 120 Å². The van der Waals surface area contributed by atoms with Gasteiger partial charge in [-0.15, -0.1) is 0 Å². The van der Waals surface area contributed by atoms with Crippen LogP contribution < -0.4 is 0 Å². The van der Waals surface area contributed by atoms with Gasteiger partial charge in [0.05, 0.1) is 10.2 Å². The van der Waals surface area contributed by atoms with Crippen molar-refractivity contribution >= 4 is 43.8 Å². The van der Waals surface area contributed by atoms with Crippen molar-refractivity contribution in [3.05, 3.63) is 56.7 Å². The smallest absolute Gasteiger partial charge is 0.138 e. The molecule has 0 fully saturated rings. The van der Waals surface area contributed by atoms with E-state index in [-0.39, 0.29) is 11.6 Å². The number of phenolic OH excluding ortho intramolecular Hbond substituents is 1. The molecule has 0 saturated heterocycles. The lowest BCUT2D eigenvalue weighted by molar-refractivity contribution is 0.471. The van der Waals surface area contributed by atoms with Gasteiger partial charge in [-0.1, -0.05) is 15.9 Å². The van der Waals surface area contributed by atoms with E-state index in [1.165, 1.54) is 18.3 Å². The van der Waals surface area contributed by atoms with E-state index in [1.54, 1.807) is 24.3 Å². The Morgan fingerprint density at radius 2 is 1.78 bits per heavy atom. The van der Waals surface area contributed by atoms with Crippen molar-refractivity contribution in [1.82, 2.24) is 0 Å². The maximum atomic E-state index is 12.7. The molecule has 2 rings (SSSR count). The van der Waals surface area contributed by atoms with E-state index in [1.807, 2.05) is 0 Å². The van der Waals surface area contributed by atoms with E-state index in [9.17, 15) is 9.50 Å². The Hall–Kier alpha value is -1.20. The molecule has 0 bridgehead atoms. The molecule has 0 unspecified atom stereocenters. The van der Waals surface area contributed by atoms with Gasteiger partial charge in [0.1, 0.15) is 11.6 Å². The molecule has 5 heteroatoms. The molecule has 0 aliphatic rings. The molecule has 0 radical (unpaired) electrons. The molecule has 18 heavy (non-hydrogen) atoms. The molecule has 0 amide bonds. The quantitative estimate of drug-likeness (QED) is 0.754. The highest BCUT2D eigenvalue weighted by molar-refractivity contribution is 9.11. The van der Waals surface area contributed by atoms with Crippen LogP contribution in [0.3, 0.4) is 0 Å². The van der Waals surface area contributed by atoms with Crippen LogP contribution >= 0.6 is 31.9 Å². The first-order valence-electron chi connectivity index (χ1n) is 5.04. The van der Waals surface area contributed by atoms with Gasteiger partial charge < -0.3 is 5.11 Å². The van der Waals surface area contributed by atoms with E-state index in [4.69, 9.17) is 0 Å². The van der Waals surface area contributed by atoms with Gasteiger partial charge in [-0.2, -0.15) is 0 Å². The zero-order valence-corrected chi connectivity index (χ0v) is 12.2. The Morgan fingerprint density at radius 1 is 1.11 bits per heavy atom. The molecule has 1 N–H and O–H groups in total. The van der Waals surface area contributed by atoms with Gasteiger partial charge in [0.2, 0.25) is 0 Å². The van der Waals surface area contributed by atoms with Crippen molar-refractivity contribution in [2.24, 2.45) is 4.99 Å². The number of rotatable bonds is 2. The fourth-order valence-electron chi connectivity index (χ4n) is 1.36. The molecule has 92 valence electrons. The van der Waals surface area contributed by atoms with Crippen molar-refractivity contribution in [1.29, 1.82) is 0 Å². The van der Waals surface area contributed by atoms with Crippen molar-refractivity contribution in [2.45, 2.75) is 0 Å². The van der Waals surface area contributed by atoms with Crippen LogP contribution in [0.15, 0.2) is 50.3 Å². The van der Waals surface area contributed by atoms with E-state index in [2.05, 4.69) is 36.9 Å². The summed E-state index contributed by atoms with van der Waals surface area (Å²) in [4.78, 5) is 4.17. The van der Waals surface area contributed by atoms with E-state index < -0.39 is 0 Å². The highest BCUT2D eigenvalue weighted by atomic mass is 79.9. The second kappa shape index (κ2) is 5.63. The number of aliphatic imine (C=N–C) groups is 1. The fourth-order valence-corrected chi connectivity index (χ4v) is 2.61. The minimum absolute atomic E-state index is 0.115. The molecule has 0 aromatic heterocycles. The second-order valence-electron chi connectivity index (χ2n) is 3.56. The predicted molar refractivity (Wildman–Crippen MR) is 77.2 cm³/mol. The minimum Gasteiger partial charge on any atom is -0.506 e. The van der Waals surface area contributed by atoms with Crippen LogP contribution in [-0.4, -0.2) is 11.3 Å². The van der Waals surface area contributed by atoms with Gasteiger partial charge in [-0.25, -0.2) is 4.39 Å². The number of phenols is 1. The summed E-state index contributed by atoms with van der Waals surface area (Å²) in [5.41, 5.74) is 1.19. The average Bonchev–Trinajstić information content (AvgIpc) is 2.34. The molecule has 2 nitrogen and oxygen atoms in total. The van der Waals surface area contributed by atoms with E-state index in [0.29, 0.717) is 15.7 Å². The van der Waals surface area contributed by atoms with Crippen molar-refractivity contribution in [3.63, 3.8) is 0 Å². The monoisotopic (exact) mass is 371 g/mol. The van der Waals surface area contributed by atoms with Gasteiger partial charge in [0.15, 0.2) is 0 Å². The third-order valence-electron chi connectivity index (χ3n) is 2.24. The number of hydrogen-bond acceptors (Lipinski definition) is 2. The van der Waals surface area contributed by atoms with E-state index >= 15 is 0 Å². The first-order chi connectivity index (χ1) is 8.56. The van der Waals surface area contributed by atoms with Gasteiger partial charge in [0, 0.05) is 16.3 Å². The molecule has 0 aliphatic heterocycles. The summed E-state index contributed by atoms with van der Waals surface area (Å²) < 4.78 is 14.1. The zero-order valence-electron chi connectivity index (χ0n) is 9.07. The van der Waals surface area contributed by atoms with Gasteiger partial charge in [-0.05, 0) is 52.3 Å². The zero-order chi connectivity index (χ0) is 13.1. The van der Waals surface area contributed by atoms with Crippen LogP contribution in [0.2, 0.25) is 0 Å². The maximum absolute atomic E-state index is 12.7. The average molecular weight is 373 g/mol. The maximum Gasteiger partial charge on any atom is 0.138 e. The van der Waals surface area contributed by atoms with Crippen molar-refractivity contribution in [2.75, 3.05) is 0 Å². The lowest BCUT2D eigenvalue weighted by Gasteiger charge is -2.02. The molecule has 2 aromatic rings. The Kier molecular flexibility index (Phi) is 4.14. The lowest BCUT2D eigenvalue weighted by Crippen LogP contribution is -1.84. The Morgan fingerprint density at radius 3 is 2.44 bits per heavy atom. The summed E-state index contributed by atoms with van der Waals surface area (Å²) in [7, 11) is 0. The summed E-state index contributed by atoms with van der Waals surface area (Å²) in [5, 5.41) is 9.83. The van der Waals surface area contributed by atoms with E-state index in [0.717, 1.165) is 4.47 Å². The third-order valence-corrected chi connectivity index (χ3v) is 3.30. The molecular weight excluding hydrogens is 365 g/mol. The van der Waals surface area contributed by atoms with Gasteiger partial charge >= 0.3 is 0 Å². The fraction of sp³-hybridized carbons (Fsp3) is 0. The number of aromatic hydroxyl groups is 1. The summed E-state index contributed by atoms with van der Waals surface area (Å²) in [5.74, 6) is -0.189. The molecule has 0 atom stereocenters. The Bertz CT molecular complexity index is 597. The molecule has 2 aromatic carbocycles. The minimum atomic E-state index is -0.304. The largest absolute Gasteiger partial charge is 0.506 e. The molecule has 0 heterocycles. The van der Waals surface area contributed by atoms with Crippen molar-refractivity contribution in [3.8, 4) is 5.75 Å². The predicted octanol–water partition coefficient (Wildman–Crippen LogP) is 4.81. The normalized spacial score (nSPS) is 11.1. The standard InChI is InChI=1S/C13H8Br2FNO/c14-9-5-8(13(18)12(15)6-9)7-17-11-3-1-10(16)2-4-11/h1-7,18H.